The van der Waals surface area contributed by atoms with Crippen LogP contribution in [0.3, 0.4) is 0 Å². The molecule has 3 aromatic carbocycles. The van der Waals surface area contributed by atoms with Crippen molar-refractivity contribution in [3.8, 4) is 0 Å². The molecule has 0 heterocycles. The van der Waals surface area contributed by atoms with E-state index in [-0.39, 0.29) is 0 Å². The molecule has 0 unspecified atom stereocenters. The predicted octanol–water partition coefficient (Wildman–Crippen LogP) is 6.48. The molecule has 178 valence electrons. The van der Waals surface area contributed by atoms with Gasteiger partial charge in [-0.2, -0.15) is 0 Å². The summed E-state index contributed by atoms with van der Waals surface area (Å²) in [6, 6.07) is 30.1. The average Bonchev–Trinajstić information content (AvgIpc) is 2.87. The van der Waals surface area contributed by atoms with Crippen LogP contribution in [0.2, 0.25) is 0 Å². The Kier molecular flexibility index (Phi) is 10.6. The summed E-state index contributed by atoms with van der Waals surface area (Å²) < 4.78 is 24.8. The lowest BCUT2D eigenvalue weighted by molar-refractivity contribution is -0.140. The fourth-order valence-corrected chi connectivity index (χ4v) is 3.57. The van der Waals surface area contributed by atoms with Crippen LogP contribution >= 0.6 is 0 Å². The smallest absolute Gasteiger partial charge is 0.150 e. The SMILES string of the molecule is C=C[C@@H](OCc1ccccc1)[C@H](OCc1ccccc1)[C@@H](COCc1ccccc1)OC(=C)C. The van der Waals surface area contributed by atoms with Crippen molar-refractivity contribution in [1.29, 1.82) is 0 Å². The molecule has 0 radical (unpaired) electrons. The first-order chi connectivity index (χ1) is 16.7. The molecule has 0 saturated heterocycles. The molecule has 4 nitrogen and oxygen atoms in total. The lowest BCUT2D eigenvalue weighted by atomic mass is 10.1. The topological polar surface area (TPSA) is 36.9 Å². The molecule has 3 atom stereocenters. The Morgan fingerprint density at radius 1 is 0.735 bits per heavy atom. The molecule has 3 aromatic rings. The van der Waals surface area contributed by atoms with Gasteiger partial charge in [-0.25, -0.2) is 0 Å². The van der Waals surface area contributed by atoms with E-state index in [1.807, 2.05) is 97.9 Å². The second kappa shape index (κ2) is 14.2. The van der Waals surface area contributed by atoms with Crippen LogP contribution in [0.1, 0.15) is 23.6 Å². The third-order valence-corrected chi connectivity index (χ3v) is 5.24. The minimum atomic E-state index is -0.450. The Morgan fingerprint density at radius 2 is 1.21 bits per heavy atom. The summed E-state index contributed by atoms with van der Waals surface area (Å²) in [5.41, 5.74) is 3.24. The van der Waals surface area contributed by atoms with E-state index in [4.69, 9.17) is 18.9 Å². The second-order valence-corrected chi connectivity index (χ2v) is 8.12. The summed E-state index contributed by atoms with van der Waals surface area (Å²) in [6.07, 6.45) is 0.482. The maximum absolute atomic E-state index is 6.39. The van der Waals surface area contributed by atoms with E-state index < -0.39 is 18.3 Å². The molecule has 0 aromatic heterocycles. The van der Waals surface area contributed by atoms with Gasteiger partial charge < -0.3 is 18.9 Å². The summed E-state index contributed by atoms with van der Waals surface area (Å²) in [5, 5.41) is 0. The third-order valence-electron chi connectivity index (χ3n) is 5.24. The number of hydrogen-bond donors (Lipinski definition) is 0. The van der Waals surface area contributed by atoms with Crippen molar-refractivity contribution < 1.29 is 18.9 Å². The quantitative estimate of drug-likeness (QED) is 0.193. The first-order valence-corrected chi connectivity index (χ1v) is 11.5. The maximum Gasteiger partial charge on any atom is 0.150 e. The van der Waals surface area contributed by atoms with E-state index in [9.17, 15) is 0 Å². The summed E-state index contributed by atoms with van der Waals surface area (Å²) in [5.74, 6) is 0.590. The van der Waals surface area contributed by atoms with Gasteiger partial charge in [-0.15, -0.1) is 6.58 Å². The Hall–Kier alpha value is -3.18. The normalized spacial score (nSPS) is 13.6. The highest BCUT2D eigenvalue weighted by molar-refractivity contribution is 5.15. The predicted molar refractivity (Wildman–Crippen MR) is 136 cm³/mol. The van der Waals surface area contributed by atoms with Crippen LogP contribution in [0, 0.1) is 0 Å². The monoisotopic (exact) mass is 458 g/mol. The number of rotatable bonds is 15. The Bertz CT molecular complexity index is 972. The van der Waals surface area contributed by atoms with E-state index >= 15 is 0 Å². The van der Waals surface area contributed by atoms with E-state index in [2.05, 4.69) is 13.2 Å². The van der Waals surface area contributed by atoms with Crippen molar-refractivity contribution >= 4 is 0 Å². The van der Waals surface area contributed by atoms with E-state index in [0.29, 0.717) is 32.2 Å². The van der Waals surface area contributed by atoms with Gasteiger partial charge in [-0.1, -0.05) is 104 Å². The lowest BCUT2D eigenvalue weighted by Crippen LogP contribution is -2.44. The first kappa shape index (κ1) is 25.4. The first-order valence-electron chi connectivity index (χ1n) is 11.5. The van der Waals surface area contributed by atoms with Crippen molar-refractivity contribution in [2.24, 2.45) is 0 Å². The van der Waals surface area contributed by atoms with Crippen LogP contribution in [-0.2, 0) is 38.8 Å². The van der Waals surface area contributed by atoms with Gasteiger partial charge in [0.05, 0.1) is 32.2 Å². The van der Waals surface area contributed by atoms with Crippen LogP contribution in [0.5, 0.6) is 0 Å². The molecule has 0 saturated carbocycles. The van der Waals surface area contributed by atoms with Gasteiger partial charge in [0.15, 0.2) is 6.10 Å². The highest BCUT2D eigenvalue weighted by Gasteiger charge is 2.32. The van der Waals surface area contributed by atoms with E-state index in [1.54, 1.807) is 6.08 Å². The van der Waals surface area contributed by atoms with Crippen LogP contribution in [0.15, 0.2) is 116 Å². The second-order valence-electron chi connectivity index (χ2n) is 8.12. The fourth-order valence-electron chi connectivity index (χ4n) is 3.57. The number of ether oxygens (including phenoxy) is 4. The summed E-state index contributed by atoms with van der Waals surface area (Å²) in [4.78, 5) is 0. The van der Waals surface area contributed by atoms with Crippen molar-refractivity contribution in [2.75, 3.05) is 6.61 Å². The summed E-state index contributed by atoms with van der Waals surface area (Å²) >= 11 is 0. The summed E-state index contributed by atoms with van der Waals surface area (Å²) in [7, 11) is 0. The standard InChI is InChI=1S/C30H34O4/c1-4-28(32-21-26-16-10-6-11-17-26)30(33-22-27-18-12-7-13-19-27)29(34-24(2)3)23-31-20-25-14-8-5-9-15-25/h4-19,28-30H,1-2,20-23H2,3H3/t28-,29-,30+/m1/s1. The van der Waals surface area contributed by atoms with Crippen molar-refractivity contribution in [3.05, 3.63) is 133 Å². The highest BCUT2D eigenvalue weighted by atomic mass is 16.6. The molecule has 0 aliphatic heterocycles. The Labute approximate surface area is 203 Å². The maximum atomic E-state index is 6.39. The zero-order valence-electron chi connectivity index (χ0n) is 19.8. The van der Waals surface area contributed by atoms with Crippen molar-refractivity contribution in [1.82, 2.24) is 0 Å². The third kappa shape index (κ3) is 8.64. The van der Waals surface area contributed by atoms with E-state index in [1.165, 1.54) is 0 Å². The number of hydrogen-bond acceptors (Lipinski definition) is 4. The molecule has 3 rings (SSSR count). The van der Waals surface area contributed by atoms with Crippen molar-refractivity contribution in [2.45, 2.75) is 45.1 Å². The van der Waals surface area contributed by atoms with Crippen LogP contribution in [0.4, 0.5) is 0 Å². The zero-order chi connectivity index (χ0) is 24.0. The molecule has 0 amide bonds. The lowest BCUT2D eigenvalue weighted by Gasteiger charge is -2.32. The zero-order valence-corrected chi connectivity index (χ0v) is 19.8. The minimum absolute atomic E-state index is 0.320. The minimum Gasteiger partial charge on any atom is -0.490 e. The van der Waals surface area contributed by atoms with Gasteiger partial charge in [-0.05, 0) is 23.6 Å². The molecule has 0 aliphatic carbocycles. The molecule has 0 bridgehead atoms. The summed E-state index contributed by atoms with van der Waals surface area (Å²) in [6.45, 7) is 11.4. The van der Waals surface area contributed by atoms with Gasteiger partial charge in [0.25, 0.3) is 0 Å². The molecule has 0 N–H and O–H groups in total. The number of allylic oxidation sites excluding steroid dienone is 1. The number of benzene rings is 3. The van der Waals surface area contributed by atoms with Gasteiger partial charge in [0.1, 0.15) is 12.2 Å². The van der Waals surface area contributed by atoms with Gasteiger partial charge >= 0.3 is 0 Å². The molecule has 0 spiro atoms. The molecule has 4 heteroatoms. The van der Waals surface area contributed by atoms with Crippen LogP contribution in [-0.4, -0.2) is 24.9 Å². The van der Waals surface area contributed by atoms with Gasteiger partial charge in [0, 0.05) is 0 Å². The Morgan fingerprint density at radius 3 is 1.68 bits per heavy atom. The van der Waals surface area contributed by atoms with E-state index in [0.717, 1.165) is 16.7 Å². The molecule has 0 aliphatic rings. The highest BCUT2D eigenvalue weighted by Crippen LogP contribution is 2.20. The van der Waals surface area contributed by atoms with Crippen molar-refractivity contribution in [3.63, 3.8) is 0 Å². The van der Waals surface area contributed by atoms with Crippen LogP contribution < -0.4 is 0 Å². The molecular formula is C30H34O4. The fraction of sp³-hybridized carbons (Fsp3) is 0.267. The molecule has 34 heavy (non-hydrogen) atoms. The van der Waals surface area contributed by atoms with Gasteiger partial charge in [0.2, 0.25) is 0 Å². The largest absolute Gasteiger partial charge is 0.490 e. The van der Waals surface area contributed by atoms with Gasteiger partial charge in [-0.3, -0.25) is 0 Å². The Balaban J connectivity index is 1.74. The molecular weight excluding hydrogens is 424 g/mol. The average molecular weight is 459 g/mol. The van der Waals surface area contributed by atoms with Crippen LogP contribution in [0.25, 0.3) is 0 Å². The molecule has 0 fully saturated rings.